The normalized spacial score (nSPS) is 12.6. The Labute approximate surface area is 165 Å². The molecule has 0 spiro atoms. The molecular weight excluding hydrogens is 254 g/mol. The van der Waals surface area contributed by atoms with Crippen LogP contribution in [0.2, 0.25) is 0 Å². The van der Waals surface area contributed by atoms with Crippen LogP contribution in [0.15, 0.2) is 25.3 Å². The predicted octanol–water partition coefficient (Wildman–Crippen LogP) is 6.01. The number of allylic oxidation sites excluding steroid dienone is 2. The summed E-state index contributed by atoms with van der Waals surface area (Å²) in [6.07, 6.45) is 20.5. The Hall–Kier alpha value is 0.675. The average Bonchev–Trinajstić information content (AvgIpc) is 2.46. The van der Waals surface area contributed by atoms with E-state index in [1.807, 2.05) is 0 Å². The molecule has 0 aromatic rings. The van der Waals surface area contributed by atoms with Gasteiger partial charge in [0, 0.05) is 0 Å². The molecule has 0 saturated heterocycles. The SMILES string of the molecule is C=CCC(CCCCCC)C(CC=C)CCCCCC.[LiH].[LiH]. The van der Waals surface area contributed by atoms with Crippen LogP contribution in [0, 0.1) is 11.8 Å². The van der Waals surface area contributed by atoms with Crippen LogP contribution in [0.3, 0.4) is 0 Å². The zero-order valence-electron chi connectivity index (χ0n) is 14.2. The van der Waals surface area contributed by atoms with Crippen molar-refractivity contribution in [3.05, 3.63) is 25.3 Å². The summed E-state index contributed by atoms with van der Waals surface area (Å²) in [7, 11) is 0. The fraction of sp³-hybridized carbons (Fsp3) is 0.800. The summed E-state index contributed by atoms with van der Waals surface area (Å²) in [4.78, 5) is 0. The Kier molecular flexibility index (Phi) is 27.1. The zero-order valence-corrected chi connectivity index (χ0v) is 14.2. The molecule has 0 aliphatic heterocycles. The molecule has 0 nitrogen and oxygen atoms in total. The standard InChI is InChI=1S/C20H38.2Li.2H/c1-5-9-11-13-17-19(15-7-3)20(16-8-4)18-14-12-10-6-2;;;;/h7-8,19-20H,3-6,9-18H2,1-2H3;;;;. The van der Waals surface area contributed by atoms with Crippen LogP contribution >= 0.6 is 0 Å². The van der Waals surface area contributed by atoms with Gasteiger partial charge < -0.3 is 0 Å². The molecule has 2 unspecified atom stereocenters. The van der Waals surface area contributed by atoms with Crippen molar-refractivity contribution in [3.8, 4) is 0 Å². The maximum atomic E-state index is 3.97. The van der Waals surface area contributed by atoms with Crippen molar-refractivity contribution >= 4 is 37.7 Å². The van der Waals surface area contributed by atoms with E-state index in [9.17, 15) is 0 Å². The van der Waals surface area contributed by atoms with Crippen LogP contribution in [-0.2, 0) is 0 Å². The Bertz CT molecular complexity index is 202. The molecule has 0 aromatic heterocycles. The molecule has 0 bridgehead atoms. The molecule has 22 heavy (non-hydrogen) atoms. The molecule has 0 saturated carbocycles. The molecule has 122 valence electrons. The second-order valence-electron chi connectivity index (χ2n) is 6.27. The minimum atomic E-state index is 0. The molecule has 0 aliphatic carbocycles. The Morgan fingerprint density at radius 2 is 1.00 bits per heavy atom. The van der Waals surface area contributed by atoms with Gasteiger partial charge in [-0.15, -0.1) is 13.2 Å². The summed E-state index contributed by atoms with van der Waals surface area (Å²) in [5, 5.41) is 0. The molecule has 2 atom stereocenters. The van der Waals surface area contributed by atoms with Crippen molar-refractivity contribution in [1.82, 2.24) is 0 Å². The first-order valence-corrected chi connectivity index (χ1v) is 9.01. The van der Waals surface area contributed by atoms with Crippen LogP contribution < -0.4 is 0 Å². The Balaban J connectivity index is -0.00000180. The summed E-state index contributed by atoms with van der Waals surface area (Å²) >= 11 is 0. The van der Waals surface area contributed by atoms with Gasteiger partial charge in [-0.25, -0.2) is 0 Å². The van der Waals surface area contributed by atoms with E-state index in [1.165, 1.54) is 77.0 Å². The van der Waals surface area contributed by atoms with Crippen LogP contribution in [-0.4, -0.2) is 37.7 Å². The van der Waals surface area contributed by atoms with Crippen molar-refractivity contribution in [3.63, 3.8) is 0 Å². The van der Waals surface area contributed by atoms with Gasteiger partial charge in [0.15, 0.2) is 0 Å². The van der Waals surface area contributed by atoms with Crippen LogP contribution in [0.4, 0.5) is 0 Å². The third-order valence-electron chi connectivity index (χ3n) is 4.46. The molecule has 0 aromatic carbocycles. The van der Waals surface area contributed by atoms with Gasteiger partial charge in [0.05, 0.1) is 0 Å². The van der Waals surface area contributed by atoms with Crippen molar-refractivity contribution in [2.75, 3.05) is 0 Å². The summed E-state index contributed by atoms with van der Waals surface area (Å²) in [5.74, 6) is 1.67. The molecule has 0 fully saturated rings. The third-order valence-corrected chi connectivity index (χ3v) is 4.46. The first kappa shape index (κ1) is 27.5. The van der Waals surface area contributed by atoms with Gasteiger partial charge in [-0.1, -0.05) is 77.4 Å². The van der Waals surface area contributed by atoms with E-state index in [0.29, 0.717) is 0 Å². The third kappa shape index (κ3) is 15.6. The zero-order chi connectivity index (χ0) is 15.1. The molecule has 0 rings (SSSR count). The summed E-state index contributed by atoms with van der Waals surface area (Å²) in [5.41, 5.74) is 0. The summed E-state index contributed by atoms with van der Waals surface area (Å²) in [6, 6.07) is 0. The molecule has 0 N–H and O–H groups in total. The second-order valence-corrected chi connectivity index (χ2v) is 6.27. The molecule has 0 radical (unpaired) electrons. The van der Waals surface area contributed by atoms with Crippen LogP contribution in [0.1, 0.15) is 90.9 Å². The first-order chi connectivity index (χ1) is 9.79. The number of hydrogen-bond donors (Lipinski definition) is 0. The molecule has 0 amide bonds. The van der Waals surface area contributed by atoms with E-state index in [0.717, 1.165) is 11.8 Å². The van der Waals surface area contributed by atoms with Crippen molar-refractivity contribution < 1.29 is 0 Å². The number of unbranched alkanes of at least 4 members (excludes halogenated alkanes) is 6. The first-order valence-electron chi connectivity index (χ1n) is 9.01. The van der Waals surface area contributed by atoms with E-state index >= 15 is 0 Å². The van der Waals surface area contributed by atoms with Crippen molar-refractivity contribution in [2.24, 2.45) is 11.8 Å². The van der Waals surface area contributed by atoms with Gasteiger partial charge in [-0.3, -0.25) is 0 Å². The fourth-order valence-corrected chi connectivity index (χ4v) is 3.19. The summed E-state index contributed by atoms with van der Waals surface area (Å²) in [6.45, 7) is 12.5. The van der Waals surface area contributed by atoms with E-state index in [4.69, 9.17) is 0 Å². The van der Waals surface area contributed by atoms with Crippen LogP contribution in [0.25, 0.3) is 0 Å². The molecular formula is C20H40Li2. The molecule has 0 heterocycles. The van der Waals surface area contributed by atoms with Gasteiger partial charge in [0.1, 0.15) is 0 Å². The fourth-order valence-electron chi connectivity index (χ4n) is 3.19. The summed E-state index contributed by atoms with van der Waals surface area (Å²) < 4.78 is 0. The number of hydrogen-bond acceptors (Lipinski definition) is 0. The van der Waals surface area contributed by atoms with Crippen LogP contribution in [0.5, 0.6) is 0 Å². The Morgan fingerprint density at radius 3 is 1.27 bits per heavy atom. The number of rotatable bonds is 15. The van der Waals surface area contributed by atoms with Gasteiger partial charge in [0.2, 0.25) is 0 Å². The van der Waals surface area contributed by atoms with E-state index in [2.05, 4.69) is 39.2 Å². The Morgan fingerprint density at radius 1 is 0.636 bits per heavy atom. The topological polar surface area (TPSA) is 0 Å². The van der Waals surface area contributed by atoms with Gasteiger partial charge in [0.25, 0.3) is 0 Å². The quantitative estimate of drug-likeness (QED) is 0.197. The molecule has 0 aliphatic rings. The van der Waals surface area contributed by atoms with E-state index in [1.54, 1.807) is 0 Å². The van der Waals surface area contributed by atoms with Gasteiger partial charge in [-0.05, 0) is 37.5 Å². The van der Waals surface area contributed by atoms with E-state index in [-0.39, 0.29) is 37.7 Å². The monoisotopic (exact) mass is 294 g/mol. The maximum absolute atomic E-state index is 3.97. The average molecular weight is 294 g/mol. The van der Waals surface area contributed by atoms with E-state index < -0.39 is 0 Å². The van der Waals surface area contributed by atoms with Gasteiger partial charge >= 0.3 is 37.7 Å². The van der Waals surface area contributed by atoms with Crippen molar-refractivity contribution in [2.45, 2.75) is 90.9 Å². The second kappa shape index (κ2) is 21.7. The molecule has 2 heteroatoms. The van der Waals surface area contributed by atoms with Crippen molar-refractivity contribution in [1.29, 1.82) is 0 Å². The van der Waals surface area contributed by atoms with Gasteiger partial charge in [-0.2, -0.15) is 0 Å². The predicted molar refractivity (Wildman–Crippen MR) is 108 cm³/mol. The minimum absolute atomic E-state index is 0.